The molecule has 0 aliphatic carbocycles. The SMILES string of the molecule is Cc1cc(C)c(NCCI)c(C)c1. The van der Waals surface area contributed by atoms with Crippen LogP contribution in [0.1, 0.15) is 16.7 Å². The molecule has 0 aromatic heterocycles. The first-order chi connectivity index (χ1) is 6.15. The predicted molar refractivity (Wildman–Crippen MR) is 68.0 cm³/mol. The van der Waals surface area contributed by atoms with Crippen molar-refractivity contribution in [3.63, 3.8) is 0 Å². The maximum Gasteiger partial charge on any atom is 0.0400 e. The summed E-state index contributed by atoms with van der Waals surface area (Å²) in [7, 11) is 0. The topological polar surface area (TPSA) is 12.0 Å². The molecule has 1 rings (SSSR count). The second-order valence-electron chi connectivity index (χ2n) is 3.39. The van der Waals surface area contributed by atoms with E-state index in [0.717, 1.165) is 11.0 Å². The Morgan fingerprint density at radius 3 is 2.15 bits per heavy atom. The van der Waals surface area contributed by atoms with E-state index >= 15 is 0 Å². The Balaban J connectivity index is 2.92. The molecule has 0 aliphatic heterocycles. The molecule has 72 valence electrons. The van der Waals surface area contributed by atoms with Crippen LogP contribution in [0.3, 0.4) is 0 Å². The summed E-state index contributed by atoms with van der Waals surface area (Å²) in [6, 6.07) is 4.45. The molecular formula is C11H16IN. The van der Waals surface area contributed by atoms with E-state index in [1.165, 1.54) is 22.4 Å². The molecule has 0 heterocycles. The molecule has 0 saturated carbocycles. The van der Waals surface area contributed by atoms with Crippen molar-refractivity contribution in [3.8, 4) is 0 Å². The van der Waals surface area contributed by atoms with Gasteiger partial charge in [-0.2, -0.15) is 0 Å². The third-order valence-electron chi connectivity index (χ3n) is 2.07. The van der Waals surface area contributed by atoms with Crippen molar-refractivity contribution in [2.75, 3.05) is 16.3 Å². The first-order valence-electron chi connectivity index (χ1n) is 4.53. The van der Waals surface area contributed by atoms with Gasteiger partial charge in [0.15, 0.2) is 0 Å². The molecule has 0 saturated heterocycles. The van der Waals surface area contributed by atoms with Gasteiger partial charge in [0.1, 0.15) is 0 Å². The molecule has 0 unspecified atom stereocenters. The summed E-state index contributed by atoms with van der Waals surface area (Å²) in [6.45, 7) is 7.51. The Morgan fingerprint density at radius 1 is 1.15 bits per heavy atom. The van der Waals surface area contributed by atoms with E-state index in [1.807, 2.05) is 0 Å². The van der Waals surface area contributed by atoms with E-state index < -0.39 is 0 Å². The Labute approximate surface area is 94.1 Å². The van der Waals surface area contributed by atoms with E-state index in [-0.39, 0.29) is 0 Å². The Hall–Kier alpha value is -0.250. The molecule has 1 nitrogen and oxygen atoms in total. The number of alkyl halides is 1. The first-order valence-corrected chi connectivity index (χ1v) is 6.05. The van der Waals surface area contributed by atoms with Crippen molar-refractivity contribution >= 4 is 28.3 Å². The molecule has 1 N–H and O–H groups in total. The van der Waals surface area contributed by atoms with Gasteiger partial charge in [0.25, 0.3) is 0 Å². The summed E-state index contributed by atoms with van der Waals surface area (Å²) >= 11 is 2.38. The van der Waals surface area contributed by atoms with Crippen LogP contribution in [0.15, 0.2) is 12.1 Å². The standard InChI is InChI=1S/C11H16IN/c1-8-6-9(2)11(10(3)7-8)13-5-4-12/h6-7,13H,4-5H2,1-3H3. The number of hydrogen-bond donors (Lipinski definition) is 1. The number of nitrogens with one attached hydrogen (secondary N) is 1. The van der Waals surface area contributed by atoms with E-state index in [1.54, 1.807) is 0 Å². The smallest absolute Gasteiger partial charge is 0.0400 e. The van der Waals surface area contributed by atoms with E-state index in [2.05, 4.69) is 60.8 Å². The summed E-state index contributed by atoms with van der Waals surface area (Å²) in [5, 5.41) is 3.45. The fourth-order valence-electron chi connectivity index (χ4n) is 1.63. The number of aryl methyl sites for hydroxylation is 3. The Kier molecular flexibility index (Phi) is 4.03. The van der Waals surface area contributed by atoms with Crippen LogP contribution in [0.2, 0.25) is 0 Å². The normalized spacial score (nSPS) is 10.2. The summed E-state index contributed by atoms with van der Waals surface area (Å²) in [5.74, 6) is 0. The molecule has 0 aliphatic rings. The second kappa shape index (κ2) is 4.84. The van der Waals surface area contributed by atoms with Crippen molar-refractivity contribution in [3.05, 3.63) is 28.8 Å². The van der Waals surface area contributed by atoms with Gasteiger partial charge < -0.3 is 5.32 Å². The lowest BCUT2D eigenvalue weighted by atomic mass is 10.1. The Morgan fingerprint density at radius 2 is 1.69 bits per heavy atom. The number of halogens is 1. The van der Waals surface area contributed by atoms with Crippen molar-refractivity contribution in [1.82, 2.24) is 0 Å². The molecule has 1 aromatic carbocycles. The number of hydrogen-bond acceptors (Lipinski definition) is 1. The van der Waals surface area contributed by atoms with Gasteiger partial charge in [-0.3, -0.25) is 0 Å². The third kappa shape index (κ3) is 2.86. The van der Waals surface area contributed by atoms with Crippen LogP contribution in [0.25, 0.3) is 0 Å². The fourth-order valence-corrected chi connectivity index (χ4v) is 1.90. The minimum Gasteiger partial charge on any atom is -0.384 e. The van der Waals surface area contributed by atoms with Gasteiger partial charge >= 0.3 is 0 Å². The van der Waals surface area contributed by atoms with Crippen LogP contribution in [-0.2, 0) is 0 Å². The zero-order valence-electron chi connectivity index (χ0n) is 8.45. The van der Waals surface area contributed by atoms with Gasteiger partial charge in [0, 0.05) is 16.7 Å². The summed E-state index contributed by atoms with van der Waals surface area (Å²) in [5.41, 5.74) is 5.35. The summed E-state index contributed by atoms with van der Waals surface area (Å²) in [4.78, 5) is 0. The minimum atomic E-state index is 1.05. The highest BCUT2D eigenvalue weighted by molar-refractivity contribution is 14.1. The van der Waals surface area contributed by atoms with Crippen molar-refractivity contribution in [1.29, 1.82) is 0 Å². The maximum absolute atomic E-state index is 3.45. The highest BCUT2D eigenvalue weighted by Crippen LogP contribution is 2.21. The lowest BCUT2D eigenvalue weighted by Crippen LogP contribution is -2.05. The van der Waals surface area contributed by atoms with Crippen LogP contribution >= 0.6 is 22.6 Å². The molecule has 0 amide bonds. The zero-order chi connectivity index (χ0) is 9.84. The summed E-state index contributed by atoms with van der Waals surface area (Å²) in [6.07, 6.45) is 0. The van der Waals surface area contributed by atoms with Crippen LogP contribution in [-0.4, -0.2) is 11.0 Å². The molecule has 1 aromatic rings. The molecule has 0 fully saturated rings. The average molecular weight is 289 g/mol. The average Bonchev–Trinajstić information content (AvgIpc) is 2.02. The van der Waals surface area contributed by atoms with E-state index in [9.17, 15) is 0 Å². The summed E-state index contributed by atoms with van der Waals surface area (Å²) < 4.78 is 1.14. The first kappa shape index (κ1) is 10.8. The number of rotatable bonds is 3. The van der Waals surface area contributed by atoms with Crippen molar-refractivity contribution in [2.45, 2.75) is 20.8 Å². The van der Waals surface area contributed by atoms with E-state index in [0.29, 0.717) is 0 Å². The fraction of sp³-hybridized carbons (Fsp3) is 0.455. The van der Waals surface area contributed by atoms with Crippen LogP contribution in [0, 0.1) is 20.8 Å². The maximum atomic E-state index is 3.45. The van der Waals surface area contributed by atoms with Crippen molar-refractivity contribution < 1.29 is 0 Å². The second-order valence-corrected chi connectivity index (χ2v) is 4.47. The molecule has 0 bridgehead atoms. The van der Waals surface area contributed by atoms with Crippen LogP contribution in [0.4, 0.5) is 5.69 Å². The molecule has 0 spiro atoms. The zero-order valence-corrected chi connectivity index (χ0v) is 10.6. The molecule has 2 heteroatoms. The lowest BCUT2D eigenvalue weighted by Gasteiger charge is -2.12. The monoisotopic (exact) mass is 289 g/mol. The van der Waals surface area contributed by atoms with Gasteiger partial charge in [-0.15, -0.1) is 0 Å². The predicted octanol–water partition coefficient (Wildman–Crippen LogP) is 3.46. The third-order valence-corrected chi connectivity index (χ3v) is 2.61. The van der Waals surface area contributed by atoms with Gasteiger partial charge in [0.2, 0.25) is 0 Å². The molecular weight excluding hydrogens is 273 g/mol. The van der Waals surface area contributed by atoms with Gasteiger partial charge in [-0.25, -0.2) is 0 Å². The number of anilines is 1. The van der Waals surface area contributed by atoms with E-state index in [4.69, 9.17) is 0 Å². The quantitative estimate of drug-likeness (QED) is 0.664. The Bertz CT molecular complexity index is 271. The van der Waals surface area contributed by atoms with Crippen LogP contribution in [0.5, 0.6) is 0 Å². The molecule has 0 radical (unpaired) electrons. The highest BCUT2D eigenvalue weighted by Gasteiger charge is 2.01. The molecule has 13 heavy (non-hydrogen) atoms. The lowest BCUT2D eigenvalue weighted by molar-refractivity contribution is 1.20. The van der Waals surface area contributed by atoms with Gasteiger partial charge in [-0.05, 0) is 31.9 Å². The van der Waals surface area contributed by atoms with Gasteiger partial charge in [0.05, 0.1) is 0 Å². The molecule has 0 atom stereocenters. The van der Waals surface area contributed by atoms with Crippen LogP contribution < -0.4 is 5.32 Å². The minimum absolute atomic E-state index is 1.05. The number of benzene rings is 1. The van der Waals surface area contributed by atoms with Gasteiger partial charge in [-0.1, -0.05) is 40.3 Å². The highest BCUT2D eigenvalue weighted by atomic mass is 127. The largest absolute Gasteiger partial charge is 0.384 e. The van der Waals surface area contributed by atoms with Crippen molar-refractivity contribution in [2.24, 2.45) is 0 Å².